The monoisotopic (exact) mass is 325 g/mol. The summed E-state index contributed by atoms with van der Waals surface area (Å²) in [7, 11) is 0. The lowest BCUT2D eigenvalue weighted by Crippen LogP contribution is -1.96. The number of fused-ring (bicyclic) bond motifs is 1. The topological polar surface area (TPSA) is 97.1 Å². The number of aromatic nitrogens is 2. The highest BCUT2D eigenvalue weighted by Gasteiger charge is 2.27. The van der Waals surface area contributed by atoms with Gasteiger partial charge in [0, 0.05) is 4.88 Å². The van der Waals surface area contributed by atoms with Crippen molar-refractivity contribution in [1.82, 2.24) is 9.97 Å². The quantitative estimate of drug-likeness (QED) is 0.741. The van der Waals surface area contributed by atoms with Crippen LogP contribution in [-0.4, -0.2) is 9.97 Å². The first-order chi connectivity index (χ1) is 10.3. The maximum Gasteiger partial charge on any atom is 0.178 e. The SMILES string of the molecule is N#CC(=C1Sc2nc(C#N)c(C#N)nc2S1)c1cccs1. The van der Waals surface area contributed by atoms with Crippen LogP contribution in [0.15, 0.2) is 31.8 Å². The number of nitrogens with zero attached hydrogens (tertiary/aromatic N) is 5. The van der Waals surface area contributed by atoms with Crippen LogP contribution in [0.5, 0.6) is 0 Å². The predicted octanol–water partition coefficient (Wildman–Crippen LogP) is 3.37. The summed E-state index contributed by atoms with van der Waals surface area (Å²) in [6, 6.07) is 9.69. The molecule has 2 aromatic rings. The van der Waals surface area contributed by atoms with Crippen molar-refractivity contribution in [2.75, 3.05) is 0 Å². The van der Waals surface area contributed by atoms with Gasteiger partial charge in [-0.15, -0.1) is 11.3 Å². The van der Waals surface area contributed by atoms with E-state index < -0.39 is 0 Å². The lowest BCUT2D eigenvalue weighted by Gasteiger charge is -1.97. The highest BCUT2D eigenvalue weighted by atomic mass is 32.2. The van der Waals surface area contributed by atoms with Gasteiger partial charge in [-0.2, -0.15) is 15.8 Å². The number of thioether (sulfide) groups is 2. The Morgan fingerprint density at radius 1 is 1.00 bits per heavy atom. The fourth-order valence-corrected chi connectivity index (χ4v) is 4.77. The van der Waals surface area contributed by atoms with Crippen LogP contribution >= 0.6 is 34.9 Å². The molecule has 0 fully saturated rings. The molecule has 1 aliphatic heterocycles. The third-order valence-corrected chi connectivity index (χ3v) is 5.76. The van der Waals surface area contributed by atoms with Crippen LogP contribution in [0.2, 0.25) is 0 Å². The standard InChI is InChI=1S/C13H3N5S3/c14-4-7(10-2-1-3-19-10)13-20-11-12(21-13)18-9(6-16)8(5-15)17-11/h1-3H. The molecule has 98 valence electrons. The number of hydrogen-bond acceptors (Lipinski definition) is 8. The van der Waals surface area contributed by atoms with E-state index in [1.54, 1.807) is 0 Å². The van der Waals surface area contributed by atoms with Gasteiger partial charge in [0.05, 0.1) is 9.81 Å². The van der Waals surface area contributed by atoms with Crippen molar-refractivity contribution in [3.63, 3.8) is 0 Å². The molecule has 0 radical (unpaired) electrons. The number of rotatable bonds is 1. The lowest BCUT2D eigenvalue weighted by molar-refractivity contribution is 0.902. The van der Waals surface area contributed by atoms with Gasteiger partial charge >= 0.3 is 0 Å². The summed E-state index contributed by atoms with van der Waals surface area (Å²) >= 11 is 4.10. The van der Waals surface area contributed by atoms with Crippen molar-refractivity contribution >= 4 is 40.4 Å². The maximum absolute atomic E-state index is 9.37. The smallest absolute Gasteiger partial charge is 0.178 e. The molecule has 0 saturated heterocycles. The van der Waals surface area contributed by atoms with Crippen molar-refractivity contribution in [2.45, 2.75) is 10.1 Å². The summed E-state index contributed by atoms with van der Waals surface area (Å²) in [5.74, 6) is 0. The first-order valence-electron chi connectivity index (χ1n) is 5.53. The fraction of sp³-hybridized carbons (Fsp3) is 0. The summed E-state index contributed by atoms with van der Waals surface area (Å²) in [6.07, 6.45) is 0. The minimum absolute atomic E-state index is 0.0141. The first kappa shape index (κ1) is 13.7. The van der Waals surface area contributed by atoms with Gasteiger partial charge in [-0.25, -0.2) is 9.97 Å². The normalized spacial score (nSPS) is 12.1. The average Bonchev–Trinajstić information content (AvgIpc) is 3.15. The van der Waals surface area contributed by atoms with E-state index in [4.69, 9.17) is 10.5 Å². The Morgan fingerprint density at radius 3 is 2.05 bits per heavy atom. The molecule has 0 aliphatic carbocycles. The largest absolute Gasteiger partial charge is 0.224 e. The summed E-state index contributed by atoms with van der Waals surface area (Å²) < 4.78 is 0.772. The summed E-state index contributed by atoms with van der Waals surface area (Å²) in [6.45, 7) is 0. The maximum atomic E-state index is 9.37. The van der Waals surface area contributed by atoms with Crippen LogP contribution in [-0.2, 0) is 0 Å². The van der Waals surface area contributed by atoms with Crippen LogP contribution in [0.4, 0.5) is 0 Å². The van der Waals surface area contributed by atoms with Gasteiger partial charge in [0.1, 0.15) is 28.3 Å². The van der Waals surface area contributed by atoms with Gasteiger partial charge in [-0.05, 0) is 11.4 Å². The van der Waals surface area contributed by atoms with E-state index in [-0.39, 0.29) is 11.4 Å². The second-order valence-electron chi connectivity index (χ2n) is 3.71. The van der Waals surface area contributed by atoms with Gasteiger partial charge in [0.15, 0.2) is 11.4 Å². The number of allylic oxidation sites excluding steroid dienone is 1. The Labute approximate surface area is 132 Å². The first-order valence-corrected chi connectivity index (χ1v) is 8.04. The minimum atomic E-state index is 0.0141. The lowest BCUT2D eigenvalue weighted by atomic mass is 10.3. The molecule has 0 unspecified atom stereocenters. The van der Waals surface area contributed by atoms with Crippen molar-refractivity contribution in [3.05, 3.63) is 38.0 Å². The van der Waals surface area contributed by atoms with E-state index in [2.05, 4.69) is 16.0 Å². The molecule has 0 N–H and O–H groups in total. The molecule has 2 aromatic heterocycles. The second kappa shape index (κ2) is 5.59. The zero-order chi connectivity index (χ0) is 14.8. The second-order valence-corrected chi connectivity index (χ2v) is 6.91. The molecule has 0 saturated carbocycles. The third-order valence-electron chi connectivity index (χ3n) is 2.51. The summed E-state index contributed by atoms with van der Waals surface area (Å²) in [4.78, 5) is 9.17. The van der Waals surface area contributed by atoms with Gasteiger partial charge in [-0.1, -0.05) is 29.6 Å². The van der Waals surface area contributed by atoms with E-state index in [1.165, 1.54) is 34.9 Å². The molecule has 0 atom stereocenters. The number of nitriles is 3. The molecular formula is C13H3N5S3. The zero-order valence-corrected chi connectivity index (χ0v) is 12.6. The number of thiophene rings is 1. The minimum Gasteiger partial charge on any atom is -0.224 e. The van der Waals surface area contributed by atoms with Crippen molar-refractivity contribution in [1.29, 1.82) is 15.8 Å². The fourth-order valence-electron chi connectivity index (χ4n) is 1.61. The van der Waals surface area contributed by atoms with Gasteiger partial charge < -0.3 is 0 Å². The van der Waals surface area contributed by atoms with Crippen LogP contribution in [0.1, 0.15) is 16.3 Å². The van der Waals surface area contributed by atoms with Crippen LogP contribution in [0.25, 0.3) is 5.57 Å². The van der Waals surface area contributed by atoms with Gasteiger partial charge in [0.2, 0.25) is 0 Å². The molecule has 0 spiro atoms. The summed E-state index contributed by atoms with van der Waals surface area (Å²) in [5, 5.41) is 30.3. The molecule has 1 aliphatic rings. The van der Waals surface area contributed by atoms with Gasteiger partial charge in [0.25, 0.3) is 0 Å². The molecule has 0 amide bonds. The number of hydrogen-bond donors (Lipinski definition) is 0. The Hall–Kier alpha value is -2.31. The Balaban J connectivity index is 2.08. The molecule has 8 heteroatoms. The highest BCUT2D eigenvalue weighted by molar-refractivity contribution is 8.24. The molecule has 0 bridgehead atoms. The average molecular weight is 325 g/mol. The molecule has 21 heavy (non-hydrogen) atoms. The van der Waals surface area contributed by atoms with Gasteiger partial charge in [-0.3, -0.25) is 0 Å². The molecule has 0 aromatic carbocycles. The molecule has 5 nitrogen and oxygen atoms in total. The third kappa shape index (κ3) is 2.39. The highest BCUT2D eigenvalue weighted by Crippen LogP contribution is 2.52. The Kier molecular flexibility index (Phi) is 3.64. The Bertz CT molecular complexity index is 833. The van der Waals surface area contributed by atoms with Crippen molar-refractivity contribution in [2.24, 2.45) is 0 Å². The summed E-state index contributed by atoms with van der Waals surface area (Å²) in [5.41, 5.74) is 0.595. The van der Waals surface area contributed by atoms with Crippen molar-refractivity contribution < 1.29 is 0 Å². The zero-order valence-electron chi connectivity index (χ0n) is 10.2. The van der Waals surface area contributed by atoms with E-state index in [0.717, 1.165) is 9.11 Å². The van der Waals surface area contributed by atoms with E-state index in [1.807, 2.05) is 29.7 Å². The van der Waals surface area contributed by atoms with E-state index >= 15 is 0 Å². The molecule has 3 rings (SSSR count). The van der Waals surface area contributed by atoms with Crippen LogP contribution in [0.3, 0.4) is 0 Å². The van der Waals surface area contributed by atoms with E-state index in [9.17, 15) is 5.26 Å². The van der Waals surface area contributed by atoms with Crippen molar-refractivity contribution in [3.8, 4) is 18.2 Å². The van der Waals surface area contributed by atoms with E-state index in [0.29, 0.717) is 15.6 Å². The molecular weight excluding hydrogens is 322 g/mol. The Morgan fingerprint density at radius 2 is 1.62 bits per heavy atom. The van der Waals surface area contributed by atoms with Crippen LogP contribution < -0.4 is 0 Å². The van der Waals surface area contributed by atoms with Crippen LogP contribution in [0, 0.1) is 34.0 Å². The predicted molar refractivity (Wildman–Crippen MR) is 80.0 cm³/mol. The molecule has 3 heterocycles.